The Bertz CT molecular complexity index is 633. The summed E-state index contributed by atoms with van der Waals surface area (Å²) >= 11 is 0. The fourth-order valence-corrected chi connectivity index (χ4v) is 1.94. The summed E-state index contributed by atoms with van der Waals surface area (Å²) in [5.41, 5.74) is 1.39. The third kappa shape index (κ3) is 4.05. The topological polar surface area (TPSA) is 77.2 Å². The maximum Gasteiger partial charge on any atom is 0.254 e. The van der Waals surface area contributed by atoms with E-state index in [1.165, 1.54) is 12.1 Å². The molecule has 0 aliphatic rings. The monoisotopic (exact) mass is 281 g/mol. The van der Waals surface area contributed by atoms with E-state index in [1.807, 2.05) is 18.2 Å². The number of nitrogens with zero attached hydrogens (tertiary/aromatic N) is 3. The maximum atomic E-state index is 12.5. The molecule has 0 unspecified atom stereocenters. The fourth-order valence-electron chi connectivity index (χ4n) is 1.94. The SMILES string of the molecule is N#CCCN(Cc1cccnc1)C(=O)c1ccc(O)cc1. The third-order valence-electron chi connectivity index (χ3n) is 2.99. The van der Waals surface area contributed by atoms with Crippen molar-refractivity contribution >= 4 is 5.91 Å². The van der Waals surface area contributed by atoms with Gasteiger partial charge < -0.3 is 10.0 Å². The van der Waals surface area contributed by atoms with Crippen LogP contribution in [0.25, 0.3) is 0 Å². The highest BCUT2D eigenvalue weighted by atomic mass is 16.3. The molecule has 1 N–H and O–H groups in total. The first-order valence-electron chi connectivity index (χ1n) is 6.55. The number of rotatable bonds is 5. The Hall–Kier alpha value is -2.87. The summed E-state index contributed by atoms with van der Waals surface area (Å²) in [7, 11) is 0. The van der Waals surface area contributed by atoms with Crippen molar-refractivity contribution in [1.82, 2.24) is 9.88 Å². The lowest BCUT2D eigenvalue weighted by atomic mass is 10.1. The van der Waals surface area contributed by atoms with Crippen molar-refractivity contribution in [2.24, 2.45) is 0 Å². The van der Waals surface area contributed by atoms with Gasteiger partial charge in [0.2, 0.25) is 0 Å². The van der Waals surface area contributed by atoms with Crippen molar-refractivity contribution in [2.75, 3.05) is 6.54 Å². The van der Waals surface area contributed by atoms with Crippen LogP contribution in [0.2, 0.25) is 0 Å². The maximum absolute atomic E-state index is 12.5. The quantitative estimate of drug-likeness (QED) is 0.912. The number of aromatic hydroxyl groups is 1. The van der Waals surface area contributed by atoms with Gasteiger partial charge >= 0.3 is 0 Å². The lowest BCUT2D eigenvalue weighted by Crippen LogP contribution is -2.31. The summed E-state index contributed by atoms with van der Waals surface area (Å²) in [6, 6.07) is 11.8. The Balaban J connectivity index is 2.17. The van der Waals surface area contributed by atoms with Crippen LogP contribution in [0.4, 0.5) is 0 Å². The molecular formula is C16H15N3O2. The van der Waals surface area contributed by atoms with Gasteiger partial charge in [-0.15, -0.1) is 0 Å². The molecule has 2 rings (SSSR count). The van der Waals surface area contributed by atoms with Crippen LogP contribution < -0.4 is 0 Å². The average Bonchev–Trinajstić information content (AvgIpc) is 2.52. The molecule has 21 heavy (non-hydrogen) atoms. The second kappa shape index (κ2) is 7.06. The van der Waals surface area contributed by atoms with Gasteiger partial charge in [0.15, 0.2) is 0 Å². The van der Waals surface area contributed by atoms with Gasteiger partial charge in [0.05, 0.1) is 12.5 Å². The summed E-state index contributed by atoms with van der Waals surface area (Å²) in [4.78, 5) is 18.1. The number of phenolic OH excluding ortho intramolecular Hbond substituents is 1. The summed E-state index contributed by atoms with van der Waals surface area (Å²) < 4.78 is 0. The van der Waals surface area contributed by atoms with Crippen LogP contribution in [-0.2, 0) is 6.54 Å². The second-order valence-electron chi connectivity index (χ2n) is 4.54. The van der Waals surface area contributed by atoms with E-state index in [0.29, 0.717) is 18.7 Å². The number of carbonyl (C=O) groups is 1. The summed E-state index contributed by atoms with van der Waals surface area (Å²) in [6.07, 6.45) is 3.64. The zero-order chi connectivity index (χ0) is 15.1. The van der Waals surface area contributed by atoms with E-state index in [-0.39, 0.29) is 18.1 Å². The molecule has 1 heterocycles. The molecule has 0 bridgehead atoms. The highest BCUT2D eigenvalue weighted by molar-refractivity contribution is 5.94. The highest BCUT2D eigenvalue weighted by Gasteiger charge is 2.16. The lowest BCUT2D eigenvalue weighted by Gasteiger charge is -2.21. The van der Waals surface area contributed by atoms with Gasteiger partial charge in [-0.1, -0.05) is 6.07 Å². The number of pyridine rings is 1. The van der Waals surface area contributed by atoms with Crippen LogP contribution in [-0.4, -0.2) is 27.4 Å². The number of benzene rings is 1. The van der Waals surface area contributed by atoms with E-state index >= 15 is 0 Å². The number of hydrogen-bond donors (Lipinski definition) is 1. The first-order valence-corrected chi connectivity index (χ1v) is 6.55. The third-order valence-corrected chi connectivity index (χ3v) is 2.99. The minimum atomic E-state index is -0.172. The molecule has 0 atom stereocenters. The molecule has 1 amide bonds. The number of carbonyl (C=O) groups excluding carboxylic acids is 1. The van der Waals surface area contributed by atoms with Crippen molar-refractivity contribution in [3.63, 3.8) is 0 Å². The summed E-state index contributed by atoms with van der Waals surface area (Å²) in [5, 5.41) is 18.0. The van der Waals surface area contributed by atoms with E-state index < -0.39 is 0 Å². The van der Waals surface area contributed by atoms with Crippen LogP contribution in [0, 0.1) is 11.3 Å². The molecule has 0 aliphatic carbocycles. The molecule has 1 aromatic heterocycles. The van der Waals surface area contributed by atoms with Gasteiger partial charge in [-0.3, -0.25) is 9.78 Å². The normalized spacial score (nSPS) is 9.86. The van der Waals surface area contributed by atoms with Crippen molar-refractivity contribution in [1.29, 1.82) is 5.26 Å². The highest BCUT2D eigenvalue weighted by Crippen LogP contribution is 2.14. The van der Waals surface area contributed by atoms with Gasteiger partial charge in [-0.25, -0.2) is 0 Å². The van der Waals surface area contributed by atoms with Crippen molar-refractivity contribution < 1.29 is 9.90 Å². The van der Waals surface area contributed by atoms with Crippen LogP contribution in [0.5, 0.6) is 5.75 Å². The lowest BCUT2D eigenvalue weighted by molar-refractivity contribution is 0.0746. The fraction of sp³-hybridized carbons (Fsp3) is 0.188. The molecule has 0 aliphatic heterocycles. The molecule has 5 heteroatoms. The van der Waals surface area contributed by atoms with Crippen LogP contribution in [0.15, 0.2) is 48.8 Å². The average molecular weight is 281 g/mol. The molecule has 106 valence electrons. The molecule has 0 spiro atoms. The van der Waals surface area contributed by atoms with E-state index in [2.05, 4.69) is 4.98 Å². The first-order chi connectivity index (χ1) is 10.2. The van der Waals surface area contributed by atoms with Crippen molar-refractivity contribution in [3.8, 4) is 11.8 Å². The van der Waals surface area contributed by atoms with Gasteiger partial charge in [0.1, 0.15) is 5.75 Å². The minimum absolute atomic E-state index is 0.113. The summed E-state index contributed by atoms with van der Waals surface area (Å²) in [5.74, 6) is -0.0588. The smallest absolute Gasteiger partial charge is 0.254 e. The number of nitriles is 1. The Morgan fingerprint density at radius 2 is 2.05 bits per heavy atom. The van der Waals surface area contributed by atoms with E-state index in [1.54, 1.807) is 29.4 Å². The van der Waals surface area contributed by atoms with Crippen LogP contribution >= 0.6 is 0 Å². The summed E-state index contributed by atoms with van der Waals surface area (Å²) in [6.45, 7) is 0.750. The Morgan fingerprint density at radius 1 is 1.29 bits per heavy atom. The predicted molar refractivity (Wildman–Crippen MR) is 77.3 cm³/mol. The first kappa shape index (κ1) is 14.5. The molecule has 1 aromatic carbocycles. The van der Waals surface area contributed by atoms with E-state index in [0.717, 1.165) is 5.56 Å². The van der Waals surface area contributed by atoms with E-state index in [4.69, 9.17) is 5.26 Å². The molecule has 2 aromatic rings. The molecule has 0 saturated carbocycles. The molecule has 0 radical (unpaired) electrons. The number of hydrogen-bond acceptors (Lipinski definition) is 4. The zero-order valence-corrected chi connectivity index (χ0v) is 11.4. The largest absolute Gasteiger partial charge is 0.508 e. The number of aromatic nitrogens is 1. The predicted octanol–water partition coefficient (Wildman–Crippen LogP) is 2.34. The standard InChI is InChI=1S/C16H15N3O2/c17-8-2-10-19(12-13-3-1-9-18-11-13)16(21)14-4-6-15(20)7-5-14/h1,3-7,9,11,20H,2,10,12H2. The van der Waals surface area contributed by atoms with Crippen LogP contribution in [0.1, 0.15) is 22.3 Å². The molecule has 0 fully saturated rings. The molecule has 5 nitrogen and oxygen atoms in total. The van der Waals surface area contributed by atoms with E-state index in [9.17, 15) is 9.90 Å². The Morgan fingerprint density at radius 3 is 2.67 bits per heavy atom. The Labute approximate surface area is 123 Å². The Kier molecular flexibility index (Phi) is 4.89. The zero-order valence-electron chi connectivity index (χ0n) is 11.4. The van der Waals surface area contributed by atoms with Crippen LogP contribution in [0.3, 0.4) is 0 Å². The van der Waals surface area contributed by atoms with Gasteiger partial charge in [0, 0.05) is 31.0 Å². The number of amides is 1. The second-order valence-corrected chi connectivity index (χ2v) is 4.54. The number of phenols is 1. The molecular weight excluding hydrogens is 266 g/mol. The van der Waals surface area contributed by atoms with Gasteiger partial charge in [0.25, 0.3) is 5.91 Å². The van der Waals surface area contributed by atoms with Gasteiger partial charge in [-0.2, -0.15) is 5.26 Å². The minimum Gasteiger partial charge on any atom is -0.508 e. The van der Waals surface area contributed by atoms with Crippen molar-refractivity contribution in [2.45, 2.75) is 13.0 Å². The van der Waals surface area contributed by atoms with Gasteiger partial charge in [-0.05, 0) is 35.9 Å². The molecule has 0 saturated heterocycles. The van der Waals surface area contributed by atoms with Crippen molar-refractivity contribution in [3.05, 3.63) is 59.9 Å².